The minimum Gasteiger partial charge on any atom is -0.548 e. The lowest BCUT2D eigenvalue weighted by Gasteiger charge is -2.23. The molecule has 0 aliphatic heterocycles. The van der Waals surface area contributed by atoms with Crippen LogP contribution in [0.4, 0.5) is 0 Å². The summed E-state index contributed by atoms with van der Waals surface area (Å²) < 4.78 is 11.6. The number of hydrogen-bond donors (Lipinski definition) is 1. The Bertz CT molecular complexity index is 1480. The summed E-state index contributed by atoms with van der Waals surface area (Å²) in [4.78, 5) is 37.2. The molecule has 2 atom stereocenters. The van der Waals surface area contributed by atoms with Gasteiger partial charge in [0.25, 0.3) is 5.91 Å². The minimum atomic E-state index is -1.38. The van der Waals surface area contributed by atoms with E-state index in [4.69, 9.17) is 9.15 Å². The number of carbonyl (C=O) groups excluding carboxylic acids is 2. The van der Waals surface area contributed by atoms with Gasteiger partial charge >= 0.3 is 5.63 Å². The fourth-order valence-electron chi connectivity index (χ4n) is 4.28. The van der Waals surface area contributed by atoms with E-state index in [9.17, 15) is 19.5 Å². The number of amides is 1. The van der Waals surface area contributed by atoms with Crippen molar-refractivity contribution in [3.63, 3.8) is 0 Å². The van der Waals surface area contributed by atoms with Crippen LogP contribution in [0.1, 0.15) is 34.7 Å². The van der Waals surface area contributed by atoms with Crippen LogP contribution < -0.4 is 20.8 Å². The van der Waals surface area contributed by atoms with E-state index in [0.29, 0.717) is 28.9 Å². The summed E-state index contributed by atoms with van der Waals surface area (Å²) in [6.07, 6.45) is -0.451. The molecule has 190 valence electrons. The van der Waals surface area contributed by atoms with Gasteiger partial charge in [0, 0.05) is 22.9 Å². The van der Waals surface area contributed by atoms with Gasteiger partial charge in [-0.25, -0.2) is 4.79 Å². The number of carboxylic acid groups (broad SMARTS) is 1. The largest absolute Gasteiger partial charge is 0.548 e. The topological polar surface area (TPSA) is 109 Å². The van der Waals surface area contributed by atoms with E-state index in [0.717, 1.165) is 22.1 Å². The van der Waals surface area contributed by atoms with Crippen LogP contribution in [0.5, 0.6) is 5.75 Å². The fraction of sp³-hybridized carbons (Fsp3) is 0.233. The van der Waals surface area contributed by atoms with Crippen molar-refractivity contribution in [3.8, 4) is 5.75 Å². The number of rotatable bonds is 9. The third-order valence-electron chi connectivity index (χ3n) is 6.43. The first-order chi connectivity index (χ1) is 17.7. The highest BCUT2D eigenvalue weighted by atomic mass is 16.5. The summed E-state index contributed by atoms with van der Waals surface area (Å²) in [5.41, 5.74) is 3.73. The standard InChI is InChI=1S/C30H29NO6/c1-18-23-14-15-26(19(2)27(23)37-30(35)24(18)16-21-10-6-4-7-11-21)36-20(3)28(32)31-25(29(33)34)17-22-12-8-5-9-13-22/h4-15,20,25H,16-17H2,1-3H3,(H,31,32)(H,33,34)/p-1/t20-,25-/m0/s1. The predicted molar refractivity (Wildman–Crippen MR) is 138 cm³/mol. The molecule has 0 aliphatic carbocycles. The number of carbonyl (C=O) groups is 2. The van der Waals surface area contributed by atoms with E-state index in [1.165, 1.54) is 6.92 Å². The van der Waals surface area contributed by atoms with Gasteiger partial charge in [0.1, 0.15) is 11.3 Å². The summed E-state index contributed by atoms with van der Waals surface area (Å²) in [6.45, 7) is 5.17. The lowest BCUT2D eigenvalue weighted by molar-refractivity contribution is -0.308. The maximum Gasteiger partial charge on any atom is 0.340 e. The summed E-state index contributed by atoms with van der Waals surface area (Å²) in [6, 6.07) is 21.0. The molecule has 37 heavy (non-hydrogen) atoms. The summed E-state index contributed by atoms with van der Waals surface area (Å²) in [5, 5.41) is 14.9. The maximum absolute atomic E-state index is 12.9. The highest BCUT2D eigenvalue weighted by Crippen LogP contribution is 2.30. The summed E-state index contributed by atoms with van der Waals surface area (Å²) in [5.74, 6) is -1.61. The van der Waals surface area contributed by atoms with Crippen molar-refractivity contribution in [2.75, 3.05) is 0 Å². The van der Waals surface area contributed by atoms with Gasteiger partial charge in [0.05, 0.1) is 12.0 Å². The summed E-state index contributed by atoms with van der Waals surface area (Å²) in [7, 11) is 0. The molecular weight excluding hydrogens is 470 g/mol. The highest BCUT2D eigenvalue weighted by Gasteiger charge is 2.22. The minimum absolute atomic E-state index is 0.0897. The second-order valence-electron chi connectivity index (χ2n) is 9.05. The number of hydrogen-bond acceptors (Lipinski definition) is 6. The average molecular weight is 499 g/mol. The van der Waals surface area contributed by atoms with Gasteiger partial charge in [-0.3, -0.25) is 4.79 Å². The number of aryl methyl sites for hydroxylation is 2. The monoisotopic (exact) mass is 498 g/mol. The smallest absolute Gasteiger partial charge is 0.340 e. The molecule has 4 rings (SSSR count). The van der Waals surface area contributed by atoms with Gasteiger partial charge in [-0.1, -0.05) is 60.7 Å². The third kappa shape index (κ3) is 5.89. The molecule has 1 amide bonds. The molecule has 0 saturated carbocycles. The molecule has 7 nitrogen and oxygen atoms in total. The third-order valence-corrected chi connectivity index (χ3v) is 6.43. The van der Waals surface area contributed by atoms with Crippen molar-refractivity contribution in [2.45, 2.75) is 45.8 Å². The average Bonchev–Trinajstić information content (AvgIpc) is 2.89. The lowest BCUT2D eigenvalue weighted by atomic mass is 9.98. The molecule has 4 aromatic rings. The van der Waals surface area contributed by atoms with E-state index in [2.05, 4.69) is 5.32 Å². The van der Waals surface area contributed by atoms with Crippen molar-refractivity contribution in [1.82, 2.24) is 5.32 Å². The van der Waals surface area contributed by atoms with Crippen molar-refractivity contribution in [1.29, 1.82) is 0 Å². The van der Waals surface area contributed by atoms with Gasteiger partial charge in [-0.15, -0.1) is 0 Å². The number of ether oxygens (including phenoxy) is 1. The molecule has 0 saturated heterocycles. The second kappa shape index (κ2) is 11.1. The molecule has 0 radical (unpaired) electrons. The zero-order valence-corrected chi connectivity index (χ0v) is 20.9. The van der Waals surface area contributed by atoms with E-state index in [-0.39, 0.29) is 6.42 Å². The number of benzene rings is 3. The first-order valence-corrected chi connectivity index (χ1v) is 12.1. The quantitative estimate of drug-likeness (QED) is 0.355. The molecule has 0 spiro atoms. The first-order valence-electron chi connectivity index (χ1n) is 12.1. The van der Waals surface area contributed by atoms with Crippen LogP contribution in [-0.2, 0) is 22.4 Å². The van der Waals surface area contributed by atoms with Crippen molar-refractivity contribution in [2.24, 2.45) is 0 Å². The van der Waals surface area contributed by atoms with Gasteiger partial charge in [-0.2, -0.15) is 0 Å². The van der Waals surface area contributed by atoms with Crippen LogP contribution in [0.3, 0.4) is 0 Å². The Morgan fingerprint density at radius 1 is 0.919 bits per heavy atom. The van der Waals surface area contributed by atoms with Gasteiger partial charge in [0.2, 0.25) is 0 Å². The van der Waals surface area contributed by atoms with E-state index >= 15 is 0 Å². The highest BCUT2D eigenvalue weighted by molar-refractivity contribution is 5.87. The molecular formula is C30H28NO6-. The molecule has 0 aliphatic rings. The van der Waals surface area contributed by atoms with Crippen LogP contribution in [0.2, 0.25) is 0 Å². The Hall–Kier alpha value is -4.39. The molecule has 1 aromatic heterocycles. The SMILES string of the molecule is Cc1c(Cc2ccccc2)c(=O)oc2c(C)c(O[C@@H](C)C(=O)N[C@@H](Cc3ccccc3)C(=O)[O-])ccc12. The van der Waals surface area contributed by atoms with Crippen LogP contribution in [0.25, 0.3) is 11.0 Å². The van der Waals surface area contributed by atoms with E-state index < -0.39 is 29.6 Å². The number of fused-ring (bicyclic) bond motifs is 1. The molecule has 1 heterocycles. The Morgan fingerprint density at radius 2 is 1.54 bits per heavy atom. The molecule has 0 unspecified atom stereocenters. The van der Waals surface area contributed by atoms with E-state index in [1.54, 1.807) is 43.3 Å². The second-order valence-corrected chi connectivity index (χ2v) is 9.05. The Labute approximate surface area is 214 Å². The number of carboxylic acids is 1. The van der Waals surface area contributed by atoms with Crippen molar-refractivity contribution >= 4 is 22.8 Å². The molecule has 7 heteroatoms. The normalized spacial score (nSPS) is 12.6. The van der Waals surface area contributed by atoms with Crippen LogP contribution >= 0.6 is 0 Å². The maximum atomic E-state index is 12.9. The van der Waals surface area contributed by atoms with Gasteiger partial charge in [0.15, 0.2) is 6.10 Å². The zero-order chi connectivity index (χ0) is 26.5. The molecule has 1 N–H and O–H groups in total. The molecule has 0 fully saturated rings. The summed E-state index contributed by atoms with van der Waals surface area (Å²) >= 11 is 0. The van der Waals surface area contributed by atoms with Crippen LogP contribution in [0, 0.1) is 13.8 Å². The lowest BCUT2D eigenvalue weighted by Crippen LogP contribution is -2.52. The fourth-order valence-corrected chi connectivity index (χ4v) is 4.28. The molecule has 3 aromatic carbocycles. The van der Waals surface area contributed by atoms with Gasteiger partial charge in [-0.05, 0) is 56.0 Å². The van der Waals surface area contributed by atoms with Gasteiger partial charge < -0.3 is 24.4 Å². The number of nitrogens with one attached hydrogen (secondary N) is 1. The molecule has 0 bridgehead atoms. The zero-order valence-electron chi connectivity index (χ0n) is 20.9. The number of aliphatic carboxylic acids is 1. The van der Waals surface area contributed by atoms with Crippen LogP contribution in [-0.4, -0.2) is 24.0 Å². The van der Waals surface area contributed by atoms with Crippen molar-refractivity contribution in [3.05, 3.63) is 111 Å². The van der Waals surface area contributed by atoms with E-state index in [1.807, 2.05) is 43.3 Å². The predicted octanol–water partition coefficient (Wildman–Crippen LogP) is 3.25. The Morgan fingerprint density at radius 3 is 2.16 bits per heavy atom. The Kier molecular flexibility index (Phi) is 7.72. The van der Waals surface area contributed by atoms with Crippen LogP contribution in [0.15, 0.2) is 82.0 Å². The Balaban J connectivity index is 1.53. The first kappa shape index (κ1) is 25.7. The van der Waals surface area contributed by atoms with Crippen molar-refractivity contribution < 1.29 is 23.8 Å².